The SMILES string of the molecule is CCC1CCCCN1C(=O)c1cc(Br)ccc1F. The summed E-state index contributed by atoms with van der Waals surface area (Å²) in [5, 5.41) is 0. The first-order chi connectivity index (χ1) is 8.63. The second kappa shape index (κ2) is 5.83. The Kier molecular flexibility index (Phi) is 4.38. The van der Waals surface area contributed by atoms with Gasteiger partial charge in [-0.1, -0.05) is 22.9 Å². The Labute approximate surface area is 115 Å². The Morgan fingerprint density at radius 1 is 1.50 bits per heavy atom. The quantitative estimate of drug-likeness (QED) is 0.808. The van der Waals surface area contributed by atoms with Crippen LogP contribution in [0.5, 0.6) is 0 Å². The van der Waals surface area contributed by atoms with Gasteiger partial charge in [0.05, 0.1) is 5.56 Å². The molecule has 0 spiro atoms. The second-order valence-corrected chi connectivity index (χ2v) is 5.60. The van der Waals surface area contributed by atoms with E-state index < -0.39 is 5.82 Å². The van der Waals surface area contributed by atoms with Crippen LogP contribution in [0.3, 0.4) is 0 Å². The number of rotatable bonds is 2. The summed E-state index contributed by atoms with van der Waals surface area (Å²) in [5.74, 6) is -0.621. The summed E-state index contributed by atoms with van der Waals surface area (Å²) in [5.41, 5.74) is 0.171. The van der Waals surface area contributed by atoms with Gasteiger partial charge in [0.1, 0.15) is 5.82 Å². The summed E-state index contributed by atoms with van der Waals surface area (Å²) in [7, 11) is 0. The highest BCUT2D eigenvalue weighted by Gasteiger charge is 2.27. The molecule has 0 N–H and O–H groups in total. The lowest BCUT2D eigenvalue weighted by Crippen LogP contribution is -2.43. The van der Waals surface area contributed by atoms with Crippen LogP contribution in [0, 0.1) is 5.82 Å². The molecule has 1 amide bonds. The standard InChI is InChI=1S/C14H17BrFNO/c1-2-11-5-3-4-8-17(11)14(18)12-9-10(15)6-7-13(12)16/h6-7,9,11H,2-5,8H2,1H3. The van der Waals surface area contributed by atoms with Gasteiger partial charge in [0.2, 0.25) is 0 Å². The van der Waals surface area contributed by atoms with E-state index in [2.05, 4.69) is 22.9 Å². The van der Waals surface area contributed by atoms with Gasteiger partial charge in [0, 0.05) is 17.1 Å². The van der Waals surface area contributed by atoms with Gasteiger partial charge in [-0.25, -0.2) is 4.39 Å². The lowest BCUT2D eigenvalue weighted by molar-refractivity contribution is 0.0603. The maximum atomic E-state index is 13.7. The molecule has 1 aromatic carbocycles. The van der Waals surface area contributed by atoms with Crippen molar-refractivity contribution in [2.24, 2.45) is 0 Å². The summed E-state index contributed by atoms with van der Waals surface area (Å²) in [6.45, 7) is 2.82. The predicted molar refractivity (Wildman–Crippen MR) is 73.1 cm³/mol. The molecule has 0 saturated carbocycles. The second-order valence-electron chi connectivity index (χ2n) is 4.68. The molecule has 1 aliphatic heterocycles. The Morgan fingerprint density at radius 2 is 2.28 bits per heavy atom. The molecule has 2 rings (SSSR count). The van der Waals surface area contributed by atoms with Gasteiger partial charge in [-0.3, -0.25) is 4.79 Å². The molecule has 1 fully saturated rings. The van der Waals surface area contributed by atoms with Crippen molar-refractivity contribution in [2.75, 3.05) is 6.54 Å². The van der Waals surface area contributed by atoms with E-state index in [0.29, 0.717) is 0 Å². The first-order valence-corrected chi connectivity index (χ1v) is 7.18. The lowest BCUT2D eigenvalue weighted by atomic mass is 9.99. The number of hydrogen-bond acceptors (Lipinski definition) is 1. The number of carbonyl (C=O) groups is 1. The Hall–Kier alpha value is -0.900. The van der Waals surface area contributed by atoms with Crippen LogP contribution in [0.1, 0.15) is 43.0 Å². The van der Waals surface area contributed by atoms with Crippen molar-refractivity contribution in [1.82, 2.24) is 4.90 Å². The topological polar surface area (TPSA) is 20.3 Å². The van der Waals surface area contributed by atoms with E-state index in [9.17, 15) is 9.18 Å². The fraction of sp³-hybridized carbons (Fsp3) is 0.500. The van der Waals surface area contributed by atoms with Crippen molar-refractivity contribution < 1.29 is 9.18 Å². The average molecular weight is 314 g/mol. The van der Waals surface area contributed by atoms with E-state index in [0.717, 1.165) is 36.7 Å². The largest absolute Gasteiger partial charge is 0.336 e. The van der Waals surface area contributed by atoms with Crippen LogP contribution < -0.4 is 0 Å². The summed E-state index contributed by atoms with van der Waals surface area (Å²) >= 11 is 3.28. The van der Waals surface area contributed by atoms with Crippen molar-refractivity contribution in [3.63, 3.8) is 0 Å². The van der Waals surface area contributed by atoms with Crippen LogP contribution >= 0.6 is 15.9 Å². The van der Waals surface area contributed by atoms with E-state index in [4.69, 9.17) is 0 Å². The smallest absolute Gasteiger partial charge is 0.257 e. The molecule has 0 aliphatic carbocycles. The van der Waals surface area contributed by atoms with Crippen molar-refractivity contribution in [2.45, 2.75) is 38.6 Å². The molecule has 2 nitrogen and oxygen atoms in total. The number of hydrogen-bond donors (Lipinski definition) is 0. The van der Waals surface area contributed by atoms with Crippen LogP contribution in [0.25, 0.3) is 0 Å². The maximum absolute atomic E-state index is 13.7. The Balaban J connectivity index is 2.26. The average Bonchev–Trinajstić information content (AvgIpc) is 2.40. The molecular formula is C14H17BrFNO. The fourth-order valence-corrected chi connectivity index (χ4v) is 2.87. The highest BCUT2D eigenvalue weighted by Crippen LogP contribution is 2.24. The number of piperidine rings is 1. The van der Waals surface area contributed by atoms with E-state index in [-0.39, 0.29) is 17.5 Å². The highest BCUT2D eigenvalue weighted by atomic mass is 79.9. The molecule has 1 unspecified atom stereocenters. The molecule has 0 radical (unpaired) electrons. The fourth-order valence-electron chi connectivity index (χ4n) is 2.51. The predicted octanol–water partition coefficient (Wildman–Crippen LogP) is 3.99. The first-order valence-electron chi connectivity index (χ1n) is 6.39. The van der Waals surface area contributed by atoms with Gasteiger partial charge in [0.25, 0.3) is 5.91 Å². The molecular weight excluding hydrogens is 297 g/mol. The van der Waals surface area contributed by atoms with E-state index >= 15 is 0 Å². The minimum Gasteiger partial charge on any atom is -0.336 e. The third-order valence-corrected chi connectivity index (χ3v) is 4.01. The van der Waals surface area contributed by atoms with Crippen LogP contribution in [-0.4, -0.2) is 23.4 Å². The zero-order valence-electron chi connectivity index (χ0n) is 10.5. The molecule has 0 bridgehead atoms. The highest BCUT2D eigenvalue weighted by molar-refractivity contribution is 9.10. The minimum atomic E-state index is -0.441. The number of benzene rings is 1. The first kappa shape index (κ1) is 13.5. The van der Waals surface area contributed by atoms with Crippen LogP contribution in [0.2, 0.25) is 0 Å². The zero-order valence-corrected chi connectivity index (χ0v) is 12.0. The third-order valence-electron chi connectivity index (χ3n) is 3.52. The van der Waals surface area contributed by atoms with Crippen LogP contribution in [0.4, 0.5) is 4.39 Å². The molecule has 0 aromatic heterocycles. The number of nitrogens with zero attached hydrogens (tertiary/aromatic N) is 1. The number of amides is 1. The summed E-state index contributed by atoms with van der Waals surface area (Å²) in [6.07, 6.45) is 4.13. The molecule has 1 aromatic rings. The Morgan fingerprint density at radius 3 is 3.00 bits per heavy atom. The van der Waals surface area contributed by atoms with Crippen LogP contribution in [0.15, 0.2) is 22.7 Å². The third kappa shape index (κ3) is 2.74. The van der Waals surface area contributed by atoms with Gasteiger partial charge in [-0.05, 0) is 43.9 Å². The number of halogens is 2. The normalized spacial score (nSPS) is 19.9. The van der Waals surface area contributed by atoms with Gasteiger partial charge < -0.3 is 4.90 Å². The van der Waals surface area contributed by atoms with Gasteiger partial charge in [-0.2, -0.15) is 0 Å². The molecule has 98 valence electrons. The van der Waals surface area contributed by atoms with Gasteiger partial charge in [0.15, 0.2) is 0 Å². The van der Waals surface area contributed by atoms with Crippen molar-refractivity contribution >= 4 is 21.8 Å². The maximum Gasteiger partial charge on any atom is 0.257 e. The Bertz CT molecular complexity index is 449. The van der Waals surface area contributed by atoms with Crippen molar-refractivity contribution in [3.05, 3.63) is 34.1 Å². The van der Waals surface area contributed by atoms with Gasteiger partial charge >= 0.3 is 0 Å². The molecule has 1 aliphatic rings. The molecule has 1 atom stereocenters. The van der Waals surface area contributed by atoms with E-state index in [1.165, 1.54) is 6.07 Å². The van der Waals surface area contributed by atoms with E-state index in [1.54, 1.807) is 12.1 Å². The molecule has 18 heavy (non-hydrogen) atoms. The van der Waals surface area contributed by atoms with Crippen molar-refractivity contribution in [1.29, 1.82) is 0 Å². The summed E-state index contributed by atoms with van der Waals surface area (Å²) in [4.78, 5) is 14.2. The monoisotopic (exact) mass is 313 g/mol. The van der Waals surface area contributed by atoms with Gasteiger partial charge in [-0.15, -0.1) is 0 Å². The zero-order chi connectivity index (χ0) is 13.1. The molecule has 4 heteroatoms. The number of carbonyl (C=O) groups excluding carboxylic acids is 1. The molecule has 1 heterocycles. The minimum absolute atomic E-state index is 0.171. The number of likely N-dealkylation sites (tertiary alicyclic amines) is 1. The lowest BCUT2D eigenvalue weighted by Gasteiger charge is -2.35. The summed E-state index contributed by atoms with van der Waals surface area (Å²) in [6, 6.07) is 4.77. The van der Waals surface area contributed by atoms with E-state index in [1.807, 2.05) is 4.90 Å². The van der Waals surface area contributed by atoms with Crippen LogP contribution in [-0.2, 0) is 0 Å². The molecule has 1 saturated heterocycles. The van der Waals surface area contributed by atoms with Crippen molar-refractivity contribution in [3.8, 4) is 0 Å². The summed E-state index contributed by atoms with van der Waals surface area (Å²) < 4.78 is 14.5.